The molecule has 2 aromatic rings. The maximum absolute atomic E-state index is 12.6. The number of benzene rings is 2. The highest BCUT2D eigenvalue weighted by Gasteiger charge is 2.21. The Labute approximate surface area is 143 Å². The number of nitrogens with zero attached hydrogens (tertiary/aromatic N) is 1. The highest BCUT2D eigenvalue weighted by atomic mass is 32.2. The molecule has 0 saturated carbocycles. The lowest BCUT2D eigenvalue weighted by Gasteiger charge is -2.17. The van der Waals surface area contributed by atoms with Crippen LogP contribution in [0.2, 0.25) is 0 Å². The van der Waals surface area contributed by atoms with Crippen LogP contribution in [-0.4, -0.2) is 34.4 Å². The van der Waals surface area contributed by atoms with Gasteiger partial charge in [0.05, 0.1) is 9.79 Å². The Balaban J connectivity index is 2.22. The molecule has 0 fully saturated rings. The second-order valence-electron chi connectivity index (χ2n) is 5.67. The summed E-state index contributed by atoms with van der Waals surface area (Å²) in [6.07, 6.45) is 2.02. The minimum absolute atomic E-state index is 0.0718. The number of sulfone groups is 1. The first-order valence-corrected chi connectivity index (χ1v) is 10.8. The quantitative estimate of drug-likeness (QED) is 0.786. The molecule has 7 heteroatoms. The van der Waals surface area contributed by atoms with Crippen molar-refractivity contribution in [3.63, 3.8) is 0 Å². The van der Waals surface area contributed by atoms with E-state index in [0.717, 1.165) is 18.2 Å². The Morgan fingerprint density at radius 3 is 1.71 bits per heavy atom. The van der Waals surface area contributed by atoms with Crippen LogP contribution in [0.1, 0.15) is 18.1 Å². The largest absolute Gasteiger partial charge is 0.243 e. The van der Waals surface area contributed by atoms with Gasteiger partial charge in [0, 0.05) is 19.8 Å². The third-order valence-corrected chi connectivity index (χ3v) is 6.74. The van der Waals surface area contributed by atoms with E-state index >= 15 is 0 Å². The van der Waals surface area contributed by atoms with Gasteiger partial charge in [-0.2, -0.15) is 4.31 Å². The molecule has 0 radical (unpaired) electrons. The van der Waals surface area contributed by atoms with Crippen molar-refractivity contribution in [2.75, 3.05) is 13.3 Å². The van der Waals surface area contributed by atoms with Crippen LogP contribution in [0.4, 0.5) is 0 Å². The topological polar surface area (TPSA) is 71.5 Å². The first-order valence-electron chi connectivity index (χ1n) is 7.49. The summed E-state index contributed by atoms with van der Waals surface area (Å²) in [4.78, 5) is 0.168. The highest BCUT2D eigenvalue weighted by Crippen LogP contribution is 2.19. The molecule has 0 heterocycles. The summed E-state index contributed by atoms with van der Waals surface area (Å²) >= 11 is 0. The van der Waals surface area contributed by atoms with Crippen LogP contribution < -0.4 is 0 Å². The number of rotatable bonds is 6. The van der Waals surface area contributed by atoms with E-state index in [1.807, 2.05) is 24.3 Å². The fraction of sp³-hybridized carbons (Fsp3) is 0.294. The van der Waals surface area contributed by atoms with Gasteiger partial charge in [-0.05, 0) is 41.8 Å². The van der Waals surface area contributed by atoms with E-state index < -0.39 is 19.9 Å². The monoisotopic (exact) mass is 367 g/mol. The molecule has 0 unspecified atom stereocenters. The van der Waals surface area contributed by atoms with Gasteiger partial charge in [-0.15, -0.1) is 0 Å². The third kappa shape index (κ3) is 4.23. The summed E-state index contributed by atoms with van der Waals surface area (Å²) in [6.45, 7) is 2.31. The van der Waals surface area contributed by atoms with Gasteiger partial charge in [0.2, 0.25) is 10.0 Å². The van der Waals surface area contributed by atoms with Crippen molar-refractivity contribution in [1.29, 1.82) is 0 Å². The average Bonchev–Trinajstić information content (AvgIpc) is 2.54. The Morgan fingerprint density at radius 2 is 1.25 bits per heavy atom. The summed E-state index contributed by atoms with van der Waals surface area (Å²) < 4.78 is 49.4. The van der Waals surface area contributed by atoms with Gasteiger partial charge in [0.1, 0.15) is 0 Å². The molecule has 2 aromatic carbocycles. The second kappa shape index (κ2) is 7.04. The fourth-order valence-corrected chi connectivity index (χ4v) is 4.05. The average molecular weight is 367 g/mol. The maximum Gasteiger partial charge on any atom is 0.243 e. The number of hydrogen-bond acceptors (Lipinski definition) is 4. The molecule has 0 atom stereocenters. The van der Waals surface area contributed by atoms with Crippen molar-refractivity contribution in [3.05, 3.63) is 59.7 Å². The Hall–Kier alpha value is -1.70. The van der Waals surface area contributed by atoms with Crippen molar-refractivity contribution in [2.24, 2.45) is 0 Å². The molecular formula is C17H21NO4S2. The minimum atomic E-state index is -3.68. The van der Waals surface area contributed by atoms with Crippen molar-refractivity contribution in [3.8, 4) is 0 Å². The Bertz CT molecular complexity index is 900. The van der Waals surface area contributed by atoms with Crippen molar-refractivity contribution < 1.29 is 16.8 Å². The summed E-state index contributed by atoms with van der Waals surface area (Å²) in [7, 11) is -5.52. The maximum atomic E-state index is 12.6. The summed E-state index contributed by atoms with van der Waals surface area (Å²) in [6, 6.07) is 13.1. The molecule has 0 bridgehead atoms. The molecule has 5 nitrogen and oxygen atoms in total. The smallest absolute Gasteiger partial charge is 0.224 e. The molecule has 24 heavy (non-hydrogen) atoms. The molecule has 0 aromatic heterocycles. The van der Waals surface area contributed by atoms with E-state index in [1.165, 1.54) is 41.2 Å². The SMILES string of the molecule is CCc1ccc(CN(C)S(=O)(=O)c2ccc(S(C)(=O)=O)cc2)cc1. The zero-order chi connectivity index (χ0) is 18.0. The van der Waals surface area contributed by atoms with Crippen molar-refractivity contribution in [1.82, 2.24) is 4.31 Å². The predicted octanol–water partition coefficient (Wildman–Crippen LogP) is 2.47. The van der Waals surface area contributed by atoms with Crippen LogP contribution >= 0.6 is 0 Å². The molecule has 0 saturated heterocycles. The highest BCUT2D eigenvalue weighted by molar-refractivity contribution is 7.90. The molecule has 0 aliphatic carbocycles. The number of sulfonamides is 1. The van der Waals surface area contributed by atoms with Crippen molar-refractivity contribution in [2.45, 2.75) is 29.7 Å². The lowest BCUT2D eigenvalue weighted by atomic mass is 10.1. The third-order valence-electron chi connectivity index (χ3n) is 3.80. The van der Waals surface area contributed by atoms with Gasteiger partial charge >= 0.3 is 0 Å². The predicted molar refractivity (Wildman–Crippen MR) is 94.0 cm³/mol. The summed E-state index contributed by atoms with van der Waals surface area (Å²) in [5.41, 5.74) is 2.09. The zero-order valence-corrected chi connectivity index (χ0v) is 15.6. The lowest BCUT2D eigenvalue weighted by Crippen LogP contribution is -2.26. The van der Waals surface area contributed by atoms with E-state index in [0.29, 0.717) is 0 Å². The summed E-state index contributed by atoms with van der Waals surface area (Å²) in [5.74, 6) is 0. The lowest BCUT2D eigenvalue weighted by molar-refractivity contribution is 0.466. The second-order valence-corrected chi connectivity index (χ2v) is 9.74. The van der Waals surface area contributed by atoms with E-state index in [1.54, 1.807) is 0 Å². The van der Waals surface area contributed by atoms with E-state index in [4.69, 9.17) is 0 Å². The normalized spacial score (nSPS) is 12.5. The standard InChI is InChI=1S/C17H21NO4S2/c1-4-14-5-7-15(8-6-14)13-18(2)24(21,22)17-11-9-16(10-12-17)23(3,19)20/h5-12H,4,13H2,1-3H3. The molecule has 0 amide bonds. The van der Waals surface area contributed by atoms with Crippen LogP contribution in [0, 0.1) is 0 Å². The Kier molecular flexibility index (Phi) is 5.47. The molecule has 2 rings (SSSR count). The van der Waals surface area contributed by atoms with Crippen LogP contribution in [0.15, 0.2) is 58.3 Å². The van der Waals surface area contributed by atoms with Gasteiger partial charge in [-0.1, -0.05) is 31.2 Å². The number of hydrogen-bond donors (Lipinski definition) is 0. The molecule has 0 spiro atoms. The molecule has 0 N–H and O–H groups in total. The van der Waals surface area contributed by atoms with Gasteiger partial charge in [-0.25, -0.2) is 16.8 Å². The fourth-order valence-electron chi connectivity index (χ4n) is 2.26. The van der Waals surface area contributed by atoms with E-state index in [-0.39, 0.29) is 16.3 Å². The van der Waals surface area contributed by atoms with Crippen LogP contribution in [0.3, 0.4) is 0 Å². The van der Waals surface area contributed by atoms with Crippen LogP contribution in [0.5, 0.6) is 0 Å². The first-order chi connectivity index (χ1) is 11.1. The van der Waals surface area contributed by atoms with Gasteiger partial charge in [-0.3, -0.25) is 0 Å². The van der Waals surface area contributed by atoms with E-state index in [2.05, 4.69) is 6.92 Å². The zero-order valence-electron chi connectivity index (χ0n) is 13.9. The molecule has 0 aliphatic heterocycles. The minimum Gasteiger partial charge on any atom is -0.224 e. The summed E-state index contributed by atoms with van der Waals surface area (Å²) in [5, 5.41) is 0. The van der Waals surface area contributed by atoms with Gasteiger partial charge in [0.25, 0.3) is 0 Å². The van der Waals surface area contributed by atoms with Crippen LogP contribution in [0.25, 0.3) is 0 Å². The Morgan fingerprint density at radius 1 is 0.792 bits per heavy atom. The van der Waals surface area contributed by atoms with E-state index in [9.17, 15) is 16.8 Å². The van der Waals surface area contributed by atoms with Crippen LogP contribution in [-0.2, 0) is 32.8 Å². The molecule has 130 valence electrons. The van der Waals surface area contributed by atoms with Gasteiger partial charge < -0.3 is 0 Å². The number of aryl methyl sites for hydroxylation is 1. The van der Waals surface area contributed by atoms with Crippen molar-refractivity contribution >= 4 is 19.9 Å². The molecular weight excluding hydrogens is 346 g/mol. The first kappa shape index (κ1) is 18.6. The van der Waals surface area contributed by atoms with Gasteiger partial charge in [0.15, 0.2) is 9.84 Å². The molecule has 0 aliphatic rings.